The minimum absolute atomic E-state index is 0.0567. The van der Waals surface area contributed by atoms with E-state index < -0.39 is 16.7 Å². The van der Waals surface area contributed by atoms with Crippen molar-refractivity contribution in [1.29, 1.82) is 0 Å². The molecular formula is C14H15NO5. The third-order valence-corrected chi connectivity index (χ3v) is 2.23. The Balaban J connectivity index is 2.63. The molecule has 0 aromatic heterocycles. The molecule has 0 amide bonds. The van der Waals surface area contributed by atoms with Crippen LogP contribution < -0.4 is 0 Å². The highest BCUT2D eigenvalue weighted by Gasteiger charge is 2.10. The first-order valence-electron chi connectivity index (χ1n) is 6.03. The van der Waals surface area contributed by atoms with Crippen LogP contribution in [0.15, 0.2) is 30.3 Å². The molecule has 0 spiro atoms. The Morgan fingerprint density at radius 2 is 2.10 bits per heavy atom. The van der Waals surface area contributed by atoms with E-state index in [2.05, 4.69) is 0 Å². The molecule has 0 aliphatic heterocycles. The van der Waals surface area contributed by atoms with Crippen molar-refractivity contribution in [3.63, 3.8) is 0 Å². The largest absolute Gasteiger partial charge is 0.463 e. The van der Waals surface area contributed by atoms with Crippen molar-refractivity contribution in [3.8, 4) is 0 Å². The maximum atomic E-state index is 11.5. The first-order valence-corrected chi connectivity index (χ1v) is 6.03. The minimum Gasteiger partial charge on any atom is -0.463 e. The van der Waals surface area contributed by atoms with Crippen LogP contribution in [-0.2, 0) is 14.3 Å². The maximum absolute atomic E-state index is 11.5. The highest BCUT2D eigenvalue weighted by Crippen LogP contribution is 2.14. The van der Waals surface area contributed by atoms with Gasteiger partial charge in [-0.05, 0) is 25.5 Å². The van der Waals surface area contributed by atoms with Crippen LogP contribution in [0.1, 0.15) is 25.8 Å². The highest BCUT2D eigenvalue weighted by atomic mass is 16.6. The zero-order valence-electron chi connectivity index (χ0n) is 11.2. The van der Waals surface area contributed by atoms with Gasteiger partial charge in [0.25, 0.3) is 5.69 Å². The standard InChI is InChI=1S/C14H15NO5/c1-10(2)20-14(17)9-13(16)7-6-11-4-3-5-12(8-11)15(18)19/h3-8,10H,9H2,1-2H3. The number of nitro benzene ring substituents is 1. The van der Waals surface area contributed by atoms with Gasteiger partial charge in [-0.15, -0.1) is 0 Å². The summed E-state index contributed by atoms with van der Waals surface area (Å²) in [5.41, 5.74) is 0.462. The Hall–Kier alpha value is -2.50. The Morgan fingerprint density at radius 1 is 1.40 bits per heavy atom. The SMILES string of the molecule is CC(C)OC(=O)CC(=O)C=Cc1cccc([N+](=O)[O-])c1. The van der Waals surface area contributed by atoms with Gasteiger partial charge >= 0.3 is 5.97 Å². The number of carbonyl (C=O) groups excluding carboxylic acids is 2. The van der Waals surface area contributed by atoms with E-state index in [-0.39, 0.29) is 18.2 Å². The number of esters is 1. The number of carbonyl (C=O) groups is 2. The van der Waals surface area contributed by atoms with Crippen molar-refractivity contribution in [2.24, 2.45) is 0 Å². The second-order valence-corrected chi connectivity index (χ2v) is 4.37. The van der Waals surface area contributed by atoms with Crippen LogP contribution >= 0.6 is 0 Å². The van der Waals surface area contributed by atoms with E-state index >= 15 is 0 Å². The fraction of sp³-hybridized carbons (Fsp3) is 0.286. The number of ether oxygens (including phenoxy) is 1. The molecule has 0 radical (unpaired) electrons. The van der Waals surface area contributed by atoms with Gasteiger partial charge in [-0.1, -0.05) is 18.2 Å². The van der Waals surface area contributed by atoms with Crippen molar-refractivity contribution >= 4 is 23.5 Å². The second kappa shape index (κ2) is 7.18. The van der Waals surface area contributed by atoms with E-state index in [1.165, 1.54) is 30.4 Å². The summed E-state index contributed by atoms with van der Waals surface area (Å²) in [5.74, 6) is -1.00. The predicted molar refractivity (Wildman–Crippen MR) is 73.0 cm³/mol. The molecular weight excluding hydrogens is 262 g/mol. The smallest absolute Gasteiger partial charge is 0.313 e. The Bertz CT molecular complexity index is 548. The van der Waals surface area contributed by atoms with Crippen molar-refractivity contribution in [2.45, 2.75) is 26.4 Å². The summed E-state index contributed by atoms with van der Waals surface area (Å²) in [4.78, 5) is 32.8. The molecule has 0 N–H and O–H groups in total. The molecule has 0 saturated carbocycles. The average molecular weight is 277 g/mol. The van der Waals surface area contributed by atoms with Gasteiger partial charge in [-0.2, -0.15) is 0 Å². The van der Waals surface area contributed by atoms with Crippen molar-refractivity contribution in [1.82, 2.24) is 0 Å². The van der Waals surface area contributed by atoms with Crippen molar-refractivity contribution in [2.75, 3.05) is 0 Å². The fourth-order valence-electron chi connectivity index (χ4n) is 1.44. The topological polar surface area (TPSA) is 86.5 Å². The molecule has 6 heteroatoms. The lowest BCUT2D eigenvalue weighted by Crippen LogP contribution is -2.14. The third-order valence-electron chi connectivity index (χ3n) is 2.23. The molecule has 0 bridgehead atoms. The van der Waals surface area contributed by atoms with Gasteiger partial charge in [-0.3, -0.25) is 19.7 Å². The zero-order chi connectivity index (χ0) is 15.1. The number of non-ortho nitro benzene ring substituents is 1. The number of ketones is 1. The van der Waals surface area contributed by atoms with E-state index in [9.17, 15) is 19.7 Å². The van der Waals surface area contributed by atoms with Crippen molar-refractivity contribution in [3.05, 3.63) is 46.0 Å². The van der Waals surface area contributed by atoms with Gasteiger partial charge in [0.1, 0.15) is 6.42 Å². The zero-order valence-corrected chi connectivity index (χ0v) is 11.2. The summed E-state index contributed by atoms with van der Waals surface area (Å²) in [6.45, 7) is 3.39. The molecule has 106 valence electrons. The van der Waals surface area contributed by atoms with Gasteiger partial charge in [0.05, 0.1) is 11.0 Å². The van der Waals surface area contributed by atoms with Crippen LogP contribution in [0, 0.1) is 10.1 Å². The first-order chi connectivity index (χ1) is 9.38. The number of hydrogen-bond donors (Lipinski definition) is 0. The van der Waals surface area contributed by atoms with Crippen LogP contribution in [0.25, 0.3) is 6.08 Å². The van der Waals surface area contributed by atoms with Gasteiger partial charge in [0, 0.05) is 12.1 Å². The predicted octanol–water partition coefficient (Wildman–Crippen LogP) is 2.52. The number of hydrogen-bond acceptors (Lipinski definition) is 5. The molecule has 0 fully saturated rings. The molecule has 0 saturated heterocycles. The number of benzene rings is 1. The first kappa shape index (κ1) is 15.6. The van der Waals surface area contributed by atoms with Gasteiger partial charge in [0.2, 0.25) is 0 Å². The van der Waals surface area contributed by atoms with E-state index in [1.54, 1.807) is 19.9 Å². The quantitative estimate of drug-likeness (QED) is 0.262. The van der Waals surface area contributed by atoms with E-state index in [4.69, 9.17) is 4.74 Å². The third kappa shape index (κ3) is 5.43. The van der Waals surface area contributed by atoms with Gasteiger partial charge < -0.3 is 4.74 Å². The fourth-order valence-corrected chi connectivity index (χ4v) is 1.44. The molecule has 1 rings (SSSR count). The molecule has 0 atom stereocenters. The average Bonchev–Trinajstić information content (AvgIpc) is 2.35. The lowest BCUT2D eigenvalue weighted by Gasteiger charge is -2.05. The lowest BCUT2D eigenvalue weighted by molar-refractivity contribution is -0.384. The van der Waals surface area contributed by atoms with Crippen LogP contribution in [0.2, 0.25) is 0 Å². The Labute approximate surface area is 116 Å². The highest BCUT2D eigenvalue weighted by molar-refractivity contribution is 6.04. The molecule has 6 nitrogen and oxygen atoms in total. The van der Waals surface area contributed by atoms with E-state index in [1.807, 2.05) is 0 Å². The summed E-state index contributed by atoms with van der Waals surface area (Å²) in [6, 6.07) is 5.86. The van der Waals surface area contributed by atoms with Gasteiger partial charge in [-0.25, -0.2) is 0 Å². The summed E-state index contributed by atoms with van der Waals surface area (Å²) in [7, 11) is 0. The van der Waals surface area contributed by atoms with Crippen LogP contribution in [0.4, 0.5) is 5.69 Å². The van der Waals surface area contributed by atoms with Gasteiger partial charge in [0.15, 0.2) is 5.78 Å². The monoisotopic (exact) mass is 277 g/mol. The normalized spacial score (nSPS) is 10.8. The minimum atomic E-state index is -0.589. The second-order valence-electron chi connectivity index (χ2n) is 4.37. The Morgan fingerprint density at radius 3 is 2.70 bits per heavy atom. The van der Waals surface area contributed by atoms with Crippen LogP contribution in [0.5, 0.6) is 0 Å². The molecule has 1 aromatic rings. The number of allylic oxidation sites excluding steroid dienone is 1. The number of nitrogens with zero attached hydrogens (tertiary/aromatic N) is 1. The summed E-state index contributed by atoms with van der Waals surface area (Å²) < 4.78 is 4.84. The van der Waals surface area contributed by atoms with Crippen LogP contribution in [-0.4, -0.2) is 22.8 Å². The molecule has 0 aliphatic carbocycles. The summed E-state index contributed by atoms with van der Waals surface area (Å²) in [6.07, 6.45) is 2.03. The number of rotatable bonds is 6. The Kier molecular flexibility index (Phi) is 5.58. The summed E-state index contributed by atoms with van der Waals surface area (Å²) >= 11 is 0. The maximum Gasteiger partial charge on any atom is 0.313 e. The number of nitro groups is 1. The molecule has 0 unspecified atom stereocenters. The summed E-state index contributed by atoms with van der Waals surface area (Å²) in [5, 5.41) is 10.6. The van der Waals surface area contributed by atoms with Crippen molar-refractivity contribution < 1.29 is 19.2 Å². The molecule has 1 aromatic carbocycles. The van der Waals surface area contributed by atoms with Crippen LogP contribution in [0.3, 0.4) is 0 Å². The van der Waals surface area contributed by atoms with E-state index in [0.717, 1.165) is 0 Å². The molecule has 0 heterocycles. The lowest BCUT2D eigenvalue weighted by atomic mass is 10.1. The molecule has 20 heavy (non-hydrogen) atoms. The molecule has 0 aliphatic rings. The van der Waals surface area contributed by atoms with E-state index in [0.29, 0.717) is 5.56 Å².